The number of amides is 1. The minimum atomic E-state index is -0.0921. The minimum Gasteiger partial charge on any atom is -0.483 e. The Morgan fingerprint density at radius 1 is 1.35 bits per heavy atom. The monoisotopic (exact) mass is 278 g/mol. The lowest BCUT2D eigenvalue weighted by molar-refractivity contribution is -0.123. The van der Waals surface area contributed by atoms with Gasteiger partial charge in [-0.1, -0.05) is 39.0 Å². The quantitative estimate of drug-likeness (QED) is 0.768. The molecular weight excluding hydrogens is 252 g/mol. The molecule has 4 nitrogen and oxygen atoms in total. The summed E-state index contributed by atoms with van der Waals surface area (Å²) in [6.07, 6.45) is 1.81. The van der Waals surface area contributed by atoms with Crippen LogP contribution in [-0.4, -0.2) is 19.1 Å². The molecule has 0 spiro atoms. The lowest BCUT2D eigenvalue weighted by atomic mass is 10.0. The maximum absolute atomic E-state index is 11.7. The summed E-state index contributed by atoms with van der Waals surface area (Å²) >= 11 is 0. The van der Waals surface area contributed by atoms with E-state index in [1.54, 1.807) is 0 Å². The number of nitrogens with one attached hydrogen (secondary N) is 1. The van der Waals surface area contributed by atoms with Gasteiger partial charge in [-0.05, 0) is 24.8 Å². The van der Waals surface area contributed by atoms with Crippen molar-refractivity contribution in [1.82, 2.24) is 5.32 Å². The van der Waals surface area contributed by atoms with Gasteiger partial charge in [0.15, 0.2) is 6.61 Å². The first-order valence-electron chi connectivity index (χ1n) is 7.28. The number of hydrogen-bond acceptors (Lipinski definition) is 3. The number of benzene rings is 1. The lowest BCUT2D eigenvalue weighted by Gasteiger charge is -2.15. The van der Waals surface area contributed by atoms with Crippen LogP contribution in [0, 0.1) is 5.92 Å². The molecule has 0 aliphatic rings. The fourth-order valence-electron chi connectivity index (χ4n) is 1.83. The predicted octanol–water partition coefficient (Wildman–Crippen LogP) is 2.64. The highest BCUT2D eigenvalue weighted by Gasteiger charge is 2.11. The zero-order valence-electron chi connectivity index (χ0n) is 12.7. The second-order valence-electron chi connectivity index (χ2n) is 5.37. The van der Waals surface area contributed by atoms with E-state index in [2.05, 4.69) is 19.2 Å². The molecule has 0 saturated heterocycles. The number of carbonyl (C=O) groups excluding carboxylic acids is 1. The van der Waals surface area contributed by atoms with Crippen molar-refractivity contribution in [3.8, 4) is 5.75 Å². The molecule has 1 aromatic carbocycles. The molecular formula is C16H26N2O2. The molecule has 0 bridgehead atoms. The standard InChI is InChI=1S/C16H26N2O2/c1-4-14(17)13-7-5-6-8-15(13)20-11-16(19)18-10-9-12(2)3/h5-8,12,14H,4,9-11,17H2,1-3H3,(H,18,19)/t14-/m0/s1. The van der Waals surface area contributed by atoms with E-state index in [0.29, 0.717) is 18.2 Å². The first-order chi connectivity index (χ1) is 9.54. The van der Waals surface area contributed by atoms with Gasteiger partial charge < -0.3 is 15.8 Å². The highest BCUT2D eigenvalue weighted by molar-refractivity contribution is 5.77. The third-order valence-electron chi connectivity index (χ3n) is 3.16. The van der Waals surface area contributed by atoms with E-state index in [9.17, 15) is 4.79 Å². The van der Waals surface area contributed by atoms with Crippen molar-refractivity contribution in [3.05, 3.63) is 29.8 Å². The van der Waals surface area contributed by atoms with E-state index < -0.39 is 0 Å². The molecule has 1 aromatic rings. The molecule has 0 unspecified atom stereocenters. The Hall–Kier alpha value is -1.55. The maximum atomic E-state index is 11.7. The summed E-state index contributed by atoms with van der Waals surface area (Å²) in [5.74, 6) is 1.19. The molecule has 1 amide bonds. The number of nitrogens with two attached hydrogens (primary N) is 1. The van der Waals surface area contributed by atoms with Crippen LogP contribution in [0.25, 0.3) is 0 Å². The van der Waals surface area contributed by atoms with E-state index in [1.807, 2.05) is 31.2 Å². The van der Waals surface area contributed by atoms with Crippen LogP contribution in [0.4, 0.5) is 0 Å². The largest absolute Gasteiger partial charge is 0.483 e. The second kappa shape index (κ2) is 8.59. The first kappa shape index (κ1) is 16.5. The van der Waals surface area contributed by atoms with Crippen molar-refractivity contribution < 1.29 is 9.53 Å². The Labute approximate surface area is 121 Å². The number of rotatable bonds is 8. The van der Waals surface area contributed by atoms with Crippen LogP contribution in [0.5, 0.6) is 5.75 Å². The number of ether oxygens (including phenoxy) is 1. The molecule has 1 atom stereocenters. The van der Waals surface area contributed by atoms with Crippen molar-refractivity contribution in [1.29, 1.82) is 0 Å². The highest BCUT2D eigenvalue weighted by atomic mass is 16.5. The topological polar surface area (TPSA) is 64.3 Å². The Bertz CT molecular complexity index is 419. The molecule has 0 radical (unpaired) electrons. The van der Waals surface area contributed by atoms with Gasteiger partial charge in [-0.15, -0.1) is 0 Å². The fraction of sp³-hybridized carbons (Fsp3) is 0.562. The molecule has 0 aliphatic heterocycles. The summed E-state index contributed by atoms with van der Waals surface area (Å²) in [7, 11) is 0. The van der Waals surface area contributed by atoms with E-state index in [-0.39, 0.29) is 18.6 Å². The second-order valence-corrected chi connectivity index (χ2v) is 5.37. The molecule has 0 saturated carbocycles. The summed E-state index contributed by atoms with van der Waals surface area (Å²) in [4.78, 5) is 11.7. The van der Waals surface area contributed by atoms with Gasteiger partial charge in [0, 0.05) is 18.2 Å². The average molecular weight is 278 g/mol. The van der Waals surface area contributed by atoms with Gasteiger partial charge in [0.25, 0.3) is 5.91 Å². The van der Waals surface area contributed by atoms with Crippen LogP contribution in [0.2, 0.25) is 0 Å². The van der Waals surface area contributed by atoms with E-state index in [4.69, 9.17) is 10.5 Å². The summed E-state index contributed by atoms with van der Waals surface area (Å²) in [6.45, 7) is 7.01. The van der Waals surface area contributed by atoms with Gasteiger partial charge in [-0.3, -0.25) is 4.79 Å². The molecule has 20 heavy (non-hydrogen) atoms. The van der Waals surface area contributed by atoms with Gasteiger partial charge in [0.05, 0.1) is 0 Å². The van der Waals surface area contributed by atoms with Crippen molar-refractivity contribution in [2.45, 2.75) is 39.7 Å². The van der Waals surface area contributed by atoms with Crippen molar-refractivity contribution in [2.75, 3.05) is 13.2 Å². The summed E-state index contributed by atoms with van der Waals surface area (Å²) in [5, 5.41) is 2.85. The molecule has 0 heterocycles. The molecule has 1 rings (SSSR count). The van der Waals surface area contributed by atoms with Gasteiger partial charge in [0.1, 0.15) is 5.75 Å². The van der Waals surface area contributed by atoms with Crippen LogP contribution >= 0.6 is 0 Å². The van der Waals surface area contributed by atoms with Crippen molar-refractivity contribution in [2.24, 2.45) is 11.7 Å². The summed E-state index contributed by atoms with van der Waals surface area (Å²) in [5.41, 5.74) is 6.98. The third kappa shape index (κ3) is 5.61. The van der Waals surface area contributed by atoms with Crippen LogP contribution in [-0.2, 0) is 4.79 Å². The van der Waals surface area contributed by atoms with Gasteiger partial charge in [-0.2, -0.15) is 0 Å². The van der Waals surface area contributed by atoms with Crippen LogP contribution in [0.3, 0.4) is 0 Å². The van der Waals surface area contributed by atoms with E-state index in [0.717, 1.165) is 18.4 Å². The zero-order chi connectivity index (χ0) is 15.0. The van der Waals surface area contributed by atoms with Crippen molar-refractivity contribution in [3.63, 3.8) is 0 Å². The summed E-state index contributed by atoms with van der Waals surface area (Å²) < 4.78 is 5.59. The van der Waals surface area contributed by atoms with Crippen LogP contribution in [0.1, 0.15) is 45.2 Å². The smallest absolute Gasteiger partial charge is 0.257 e. The van der Waals surface area contributed by atoms with Gasteiger partial charge in [-0.25, -0.2) is 0 Å². The molecule has 4 heteroatoms. The Morgan fingerprint density at radius 2 is 2.05 bits per heavy atom. The van der Waals surface area contributed by atoms with Gasteiger partial charge >= 0.3 is 0 Å². The highest BCUT2D eigenvalue weighted by Crippen LogP contribution is 2.25. The van der Waals surface area contributed by atoms with Crippen molar-refractivity contribution >= 4 is 5.91 Å². The Balaban J connectivity index is 2.47. The Kier molecular flexibility index (Phi) is 7.09. The number of carbonyl (C=O) groups is 1. The minimum absolute atomic E-state index is 0.0333. The predicted molar refractivity (Wildman–Crippen MR) is 81.6 cm³/mol. The third-order valence-corrected chi connectivity index (χ3v) is 3.16. The maximum Gasteiger partial charge on any atom is 0.257 e. The Morgan fingerprint density at radius 3 is 2.70 bits per heavy atom. The average Bonchev–Trinajstić information content (AvgIpc) is 2.44. The lowest BCUT2D eigenvalue weighted by Crippen LogP contribution is -2.30. The molecule has 112 valence electrons. The molecule has 0 aliphatic carbocycles. The number of para-hydroxylation sites is 1. The molecule has 0 aromatic heterocycles. The zero-order valence-corrected chi connectivity index (χ0v) is 12.7. The first-order valence-corrected chi connectivity index (χ1v) is 7.28. The molecule has 0 fully saturated rings. The number of hydrogen-bond donors (Lipinski definition) is 2. The fourth-order valence-corrected chi connectivity index (χ4v) is 1.83. The molecule has 3 N–H and O–H groups in total. The normalized spacial score (nSPS) is 12.2. The SMILES string of the molecule is CC[C@H](N)c1ccccc1OCC(=O)NCCC(C)C. The van der Waals surface area contributed by atoms with E-state index in [1.165, 1.54) is 0 Å². The van der Waals surface area contributed by atoms with Crippen LogP contribution < -0.4 is 15.8 Å². The van der Waals surface area contributed by atoms with Gasteiger partial charge in [0.2, 0.25) is 0 Å². The van der Waals surface area contributed by atoms with E-state index >= 15 is 0 Å². The van der Waals surface area contributed by atoms with Crippen LogP contribution in [0.15, 0.2) is 24.3 Å². The summed E-state index contributed by atoms with van der Waals surface area (Å²) in [6, 6.07) is 7.56.